The van der Waals surface area contributed by atoms with E-state index in [0.29, 0.717) is 31.6 Å². The highest BCUT2D eigenvalue weighted by atomic mass is 16.2. The molecule has 184 valence electrons. The summed E-state index contributed by atoms with van der Waals surface area (Å²) in [6.45, 7) is 4.16. The summed E-state index contributed by atoms with van der Waals surface area (Å²) in [7, 11) is 0. The first-order valence-electron chi connectivity index (χ1n) is 12.4. The number of fused-ring (bicyclic) bond motifs is 1. The van der Waals surface area contributed by atoms with Crippen LogP contribution in [0.15, 0.2) is 79.5 Å². The number of piperazine rings is 1. The van der Waals surface area contributed by atoms with Crippen molar-refractivity contribution < 1.29 is 9.59 Å². The lowest BCUT2D eigenvalue weighted by atomic mass is 10.0. The molecule has 0 unspecified atom stereocenters. The molecule has 1 saturated heterocycles. The van der Waals surface area contributed by atoms with Gasteiger partial charge in [-0.15, -0.1) is 0 Å². The van der Waals surface area contributed by atoms with Crippen LogP contribution in [-0.2, 0) is 17.8 Å². The Labute approximate surface area is 210 Å². The Morgan fingerprint density at radius 2 is 1.78 bits per heavy atom. The molecule has 36 heavy (non-hydrogen) atoms. The molecule has 0 aliphatic carbocycles. The normalized spacial score (nSPS) is 13.7. The average molecular weight is 483 g/mol. The van der Waals surface area contributed by atoms with E-state index in [1.807, 2.05) is 46.0 Å². The van der Waals surface area contributed by atoms with Crippen LogP contribution in [0.3, 0.4) is 0 Å². The third-order valence-electron chi connectivity index (χ3n) is 6.57. The molecular weight excluding hydrogens is 452 g/mol. The minimum Gasteiger partial charge on any atom is -0.353 e. The number of hydrogen-bond donors (Lipinski definition) is 1. The zero-order valence-corrected chi connectivity index (χ0v) is 20.2. The predicted molar refractivity (Wildman–Crippen MR) is 140 cm³/mol. The highest BCUT2D eigenvalue weighted by Crippen LogP contribution is 2.18. The summed E-state index contributed by atoms with van der Waals surface area (Å²) in [6.07, 6.45) is 8.29. The Bertz CT molecular complexity index is 1310. The maximum atomic E-state index is 12.9. The number of aromatic nitrogens is 3. The number of hydrogen-bond acceptors (Lipinski definition) is 5. The van der Waals surface area contributed by atoms with Gasteiger partial charge in [-0.3, -0.25) is 9.59 Å². The Balaban J connectivity index is 1.08. The summed E-state index contributed by atoms with van der Waals surface area (Å²) in [4.78, 5) is 37.9. The third kappa shape index (κ3) is 5.71. The lowest BCUT2D eigenvalue weighted by Crippen LogP contribution is -2.49. The van der Waals surface area contributed by atoms with Crippen LogP contribution in [-0.4, -0.2) is 64.0 Å². The Kier molecular flexibility index (Phi) is 7.21. The van der Waals surface area contributed by atoms with E-state index < -0.39 is 0 Å². The topological polar surface area (TPSA) is 83.4 Å². The van der Waals surface area contributed by atoms with Crippen LogP contribution in [0.2, 0.25) is 0 Å². The van der Waals surface area contributed by atoms with Gasteiger partial charge in [-0.05, 0) is 34.9 Å². The minimum atomic E-state index is -0.121. The highest BCUT2D eigenvalue weighted by molar-refractivity contribution is 5.94. The number of amides is 2. The predicted octanol–water partition coefficient (Wildman–Crippen LogP) is 3.14. The van der Waals surface area contributed by atoms with Crippen molar-refractivity contribution in [3.8, 4) is 0 Å². The van der Waals surface area contributed by atoms with Crippen molar-refractivity contribution in [3.05, 3.63) is 90.6 Å². The number of nitrogens with one attached hydrogen (secondary N) is 1. The van der Waals surface area contributed by atoms with Crippen LogP contribution >= 0.6 is 0 Å². The number of benzene rings is 2. The molecule has 0 spiro atoms. The number of rotatable bonds is 8. The second kappa shape index (κ2) is 11.0. The summed E-state index contributed by atoms with van der Waals surface area (Å²) in [6, 6.07) is 18.1. The molecule has 4 aromatic rings. The van der Waals surface area contributed by atoms with Crippen molar-refractivity contribution in [1.82, 2.24) is 24.8 Å². The second-order valence-electron chi connectivity index (χ2n) is 9.04. The van der Waals surface area contributed by atoms with Gasteiger partial charge in [0.2, 0.25) is 5.91 Å². The molecule has 5 rings (SSSR count). The van der Waals surface area contributed by atoms with Crippen molar-refractivity contribution >= 4 is 28.4 Å². The van der Waals surface area contributed by atoms with Crippen molar-refractivity contribution in [1.29, 1.82) is 0 Å². The van der Waals surface area contributed by atoms with Gasteiger partial charge >= 0.3 is 0 Å². The first kappa shape index (κ1) is 23.5. The molecule has 0 atom stereocenters. The molecule has 2 aromatic heterocycles. The molecule has 1 N–H and O–H groups in total. The Hall–Kier alpha value is -4.20. The molecular formula is C28H30N6O2. The summed E-state index contributed by atoms with van der Waals surface area (Å²) in [5.74, 6) is 0.857. The van der Waals surface area contributed by atoms with Crippen molar-refractivity contribution in [2.75, 3.05) is 37.6 Å². The zero-order valence-electron chi connectivity index (χ0n) is 20.2. The van der Waals surface area contributed by atoms with Gasteiger partial charge < -0.3 is 19.7 Å². The molecule has 1 aliphatic rings. The lowest BCUT2D eigenvalue weighted by Gasteiger charge is -2.35. The number of anilines is 1. The largest absolute Gasteiger partial charge is 0.353 e. The van der Waals surface area contributed by atoms with Crippen molar-refractivity contribution in [3.63, 3.8) is 0 Å². The van der Waals surface area contributed by atoms with E-state index in [9.17, 15) is 9.59 Å². The quantitative estimate of drug-likeness (QED) is 0.390. The number of carbonyl (C=O) groups is 2. The van der Waals surface area contributed by atoms with Crippen LogP contribution in [0.1, 0.15) is 22.3 Å². The van der Waals surface area contributed by atoms with Gasteiger partial charge in [0.1, 0.15) is 5.82 Å². The van der Waals surface area contributed by atoms with E-state index in [1.165, 1.54) is 5.39 Å². The van der Waals surface area contributed by atoms with Gasteiger partial charge in [0, 0.05) is 57.9 Å². The van der Waals surface area contributed by atoms with Gasteiger partial charge in [0.15, 0.2) is 0 Å². The fraction of sp³-hybridized carbons (Fsp3) is 0.286. The summed E-state index contributed by atoms with van der Waals surface area (Å²) in [5, 5.41) is 5.28. The third-order valence-corrected chi connectivity index (χ3v) is 6.57. The SMILES string of the molecule is O=C(NCCCn1ccnc1)c1ccc(N2CCN(C(=O)Cc3ccc4ccccc4c3)CC2)nc1. The Morgan fingerprint density at radius 3 is 2.53 bits per heavy atom. The molecule has 0 bridgehead atoms. The summed E-state index contributed by atoms with van der Waals surface area (Å²) < 4.78 is 1.99. The van der Waals surface area contributed by atoms with E-state index in [1.54, 1.807) is 18.7 Å². The van der Waals surface area contributed by atoms with Crippen LogP contribution < -0.4 is 10.2 Å². The van der Waals surface area contributed by atoms with Crippen LogP contribution in [0.5, 0.6) is 0 Å². The van der Waals surface area contributed by atoms with Crippen LogP contribution in [0.4, 0.5) is 5.82 Å². The molecule has 1 aliphatic heterocycles. The van der Waals surface area contributed by atoms with E-state index >= 15 is 0 Å². The molecule has 2 aromatic carbocycles. The first-order valence-corrected chi connectivity index (χ1v) is 12.4. The monoisotopic (exact) mass is 482 g/mol. The smallest absolute Gasteiger partial charge is 0.252 e. The molecule has 0 radical (unpaired) electrons. The first-order chi connectivity index (χ1) is 17.7. The molecule has 8 nitrogen and oxygen atoms in total. The van der Waals surface area contributed by atoms with E-state index in [4.69, 9.17) is 0 Å². The van der Waals surface area contributed by atoms with Gasteiger partial charge in [0.05, 0.1) is 18.3 Å². The fourth-order valence-corrected chi connectivity index (χ4v) is 4.51. The zero-order chi connectivity index (χ0) is 24.7. The van der Waals surface area contributed by atoms with Gasteiger partial charge in [-0.25, -0.2) is 9.97 Å². The molecule has 1 fully saturated rings. The number of nitrogens with zero attached hydrogens (tertiary/aromatic N) is 5. The van der Waals surface area contributed by atoms with Crippen molar-refractivity contribution in [2.45, 2.75) is 19.4 Å². The minimum absolute atomic E-state index is 0.121. The molecule has 8 heteroatoms. The van der Waals surface area contributed by atoms with E-state index in [0.717, 1.165) is 42.8 Å². The number of aryl methyl sites for hydroxylation is 1. The fourth-order valence-electron chi connectivity index (χ4n) is 4.51. The standard InChI is InChI=1S/C28H30N6O2/c35-27(19-22-6-7-23-4-1-2-5-24(23)18-22)34-16-14-33(15-17-34)26-9-8-25(20-31-26)28(36)30-10-3-12-32-13-11-29-21-32/h1-2,4-9,11,13,18,20-21H,3,10,12,14-17,19H2,(H,30,36). The van der Waals surface area contributed by atoms with Gasteiger partial charge in [-0.2, -0.15) is 0 Å². The molecule has 2 amide bonds. The maximum Gasteiger partial charge on any atom is 0.252 e. The van der Waals surface area contributed by atoms with E-state index in [2.05, 4.69) is 44.5 Å². The number of pyridine rings is 1. The number of imidazole rings is 1. The lowest BCUT2D eigenvalue weighted by molar-refractivity contribution is -0.130. The average Bonchev–Trinajstić information content (AvgIpc) is 3.45. The van der Waals surface area contributed by atoms with Crippen LogP contribution in [0.25, 0.3) is 10.8 Å². The van der Waals surface area contributed by atoms with Gasteiger partial charge in [-0.1, -0.05) is 42.5 Å². The van der Waals surface area contributed by atoms with Crippen molar-refractivity contribution in [2.24, 2.45) is 0 Å². The second-order valence-corrected chi connectivity index (χ2v) is 9.04. The Morgan fingerprint density at radius 1 is 0.944 bits per heavy atom. The maximum absolute atomic E-state index is 12.9. The molecule has 0 saturated carbocycles. The van der Waals surface area contributed by atoms with E-state index in [-0.39, 0.29) is 11.8 Å². The van der Waals surface area contributed by atoms with Gasteiger partial charge in [0.25, 0.3) is 5.91 Å². The molecule has 3 heterocycles. The summed E-state index contributed by atoms with van der Waals surface area (Å²) in [5.41, 5.74) is 1.59. The highest BCUT2D eigenvalue weighted by Gasteiger charge is 2.22. The summed E-state index contributed by atoms with van der Waals surface area (Å²) >= 11 is 0. The van der Waals surface area contributed by atoms with Crippen LogP contribution in [0, 0.1) is 0 Å². The number of carbonyl (C=O) groups excluding carboxylic acids is 2.